The number of benzene rings is 1. The van der Waals surface area contributed by atoms with E-state index in [1.807, 2.05) is 23.2 Å². The number of amides is 1. The molecule has 1 aromatic carbocycles. The molecule has 1 atom stereocenters. The number of carbonyl (C=O) groups is 1. The molecule has 2 aromatic rings. The van der Waals surface area contributed by atoms with Gasteiger partial charge in [0.05, 0.1) is 13.2 Å². The summed E-state index contributed by atoms with van der Waals surface area (Å²) < 4.78 is 5.33. The van der Waals surface area contributed by atoms with Gasteiger partial charge in [-0.25, -0.2) is 9.97 Å². The minimum atomic E-state index is 0.0337. The minimum absolute atomic E-state index is 0.0337. The molecular formula is C22H28N4O2. The van der Waals surface area contributed by atoms with Crippen LogP contribution >= 0.6 is 0 Å². The Morgan fingerprint density at radius 1 is 1.29 bits per heavy atom. The number of aromatic nitrogens is 2. The molecule has 148 valence electrons. The molecule has 2 aliphatic rings. The predicted molar refractivity (Wildman–Crippen MR) is 107 cm³/mol. The summed E-state index contributed by atoms with van der Waals surface area (Å²) in [7, 11) is 1.70. The summed E-state index contributed by atoms with van der Waals surface area (Å²) >= 11 is 0. The molecule has 1 aromatic heterocycles. The Hall–Kier alpha value is -2.47. The quantitative estimate of drug-likeness (QED) is 0.816. The molecule has 0 N–H and O–H groups in total. The summed E-state index contributed by atoms with van der Waals surface area (Å²) in [5, 5.41) is 0. The largest absolute Gasteiger partial charge is 0.497 e. The molecular weight excluding hydrogens is 352 g/mol. The Bertz CT molecular complexity index is 854. The van der Waals surface area contributed by atoms with Crippen LogP contribution in [0.2, 0.25) is 0 Å². The maximum Gasteiger partial charge on any atom is 0.220 e. The monoisotopic (exact) mass is 380 g/mol. The summed E-state index contributed by atoms with van der Waals surface area (Å²) in [5.74, 6) is 1.83. The molecule has 2 aliphatic heterocycles. The molecule has 0 aliphatic carbocycles. The van der Waals surface area contributed by atoms with Crippen LogP contribution < -0.4 is 4.74 Å². The average Bonchev–Trinajstić information content (AvgIpc) is 2.73. The molecule has 0 saturated carbocycles. The number of ether oxygens (including phenoxy) is 1. The van der Waals surface area contributed by atoms with Crippen LogP contribution in [0.1, 0.15) is 54.9 Å². The number of methoxy groups -OCH3 is 1. The van der Waals surface area contributed by atoms with Gasteiger partial charge in [0, 0.05) is 57.0 Å². The lowest BCUT2D eigenvalue weighted by Gasteiger charge is -2.35. The van der Waals surface area contributed by atoms with Gasteiger partial charge in [0.1, 0.15) is 5.75 Å². The molecule has 0 radical (unpaired) electrons. The van der Waals surface area contributed by atoms with Crippen LogP contribution in [-0.4, -0.2) is 45.9 Å². The Morgan fingerprint density at radius 3 is 3.00 bits per heavy atom. The van der Waals surface area contributed by atoms with Crippen LogP contribution in [0, 0.1) is 0 Å². The van der Waals surface area contributed by atoms with E-state index in [0.29, 0.717) is 0 Å². The molecule has 6 nitrogen and oxygen atoms in total. The van der Waals surface area contributed by atoms with E-state index in [1.54, 1.807) is 14.0 Å². The average molecular weight is 380 g/mol. The fourth-order valence-corrected chi connectivity index (χ4v) is 4.29. The van der Waals surface area contributed by atoms with Crippen LogP contribution in [0.5, 0.6) is 5.75 Å². The van der Waals surface area contributed by atoms with Crippen LogP contribution in [0.25, 0.3) is 0 Å². The Labute approximate surface area is 166 Å². The SMILES string of the molecule is COc1cccc(CN2CCc3nc(C4CCCCN4C(C)=O)ncc3C2)c1. The van der Waals surface area contributed by atoms with Gasteiger partial charge in [0.15, 0.2) is 5.82 Å². The van der Waals surface area contributed by atoms with Gasteiger partial charge in [-0.1, -0.05) is 12.1 Å². The highest BCUT2D eigenvalue weighted by Gasteiger charge is 2.29. The summed E-state index contributed by atoms with van der Waals surface area (Å²) in [6.45, 7) is 5.18. The van der Waals surface area contributed by atoms with E-state index >= 15 is 0 Å². The van der Waals surface area contributed by atoms with Crippen molar-refractivity contribution in [3.8, 4) is 5.75 Å². The number of carbonyl (C=O) groups excluding carboxylic acids is 1. The topological polar surface area (TPSA) is 58.6 Å². The number of likely N-dealkylation sites (tertiary alicyclic amines) is 1. The van der Waals surface area contributed by atoms with Gasteiger partial charge in [-0.05, 0) is 37.0 Å². The molecule has 6 heteroatoms. The third-order valence-electron chi connectivity index (χ3n) is 5.78. The first-order chi connectivity index (χ1) is 13.6. The number of fused-ring (bicyclic) bond motifs is 1. The third-order valence-corrected chi connectivity index (χ3v) is 5.78. The second-order valence-electron chi connectivity index (χ2n) is 7.74. The van der Waals surface area contributed by atoms with E-state index in [-0.39, 0.29) is 11.9 Å². The molecule has 1 unspecified atom stereocenters. The standard InChI is InChI=1S/C22H28N4O2/c1-16(27)26-10-4-3-8-21(26)22-23-13-18-15-25(11-9-20(18)24-22)14-17-6-5-7-19(12-17)28-2/h5-7,12-13,21H,3-4,8-11,14-15H2,1-2H3. The molecule has 0 spiro atoms. The second-order valence-corrected chi connectivity index (χ2v) is 7.74. The van der Waals surface area contributed by atoms with E-state index in [0.717, 1.165) is 69.1 Å². The summed E-state index contributed by atoms with van der Waals surface area (Å²) in [6.07, 6.45) is 6.05. The van der Waals surface area contributed by atoms with E-state index < -0.39 is 0 Å². The smallest absolute Gasteiger partial charge is 0.220 e. The van der Waals surface area contributed by atoms with Gasteiger partial charge in [-0.3, -0.25) is 9.69 Å². The van der Waals surface area contributed by atoms with Gasteiger partial charge < -0.3 is 9.64 Å². The van der Waals surface area contributed by atoms with Crippen molar-refractivity contribution < 1.29 is 9.53 Å². The van der Waals surface area contributed by atoms with Crippen LogP contribution in [0.4, 0.5) is 0 Å². The highest BCUT2D eigenvalue weighted by atomic mass is 16.5. The van der Waals surface area contributed by atoms with E-state index in [2.05, 4.69) is 22.0 Å². The molecule has 28 heavy (non-hydrogen) atoms. The van der Waals surface area contributed by atoms with Crippen molar-refractivity contribution in [1.82, 2.24) is 19.8 Å². The second kappa shape index (κ2) is 8.27. The summed E-state index contributed by atoms with van der Waals surface area (Å²) in [4.78, 5) is 25.9. The lowest BCUT2D eigenvalue weighted by Crippen LogP contribution is -2.38. The maximum absolute atomic E-state index is 12.0. The first-order valence-electron chi connectivity index (χ1n) is 10.1. The van der Waals surface area contributed by atoms with Gasteiger partial charge in [-0.15, -0.1) is 0 Å². The molecule has 1 fully saturated rings. The van der Waals surface area contributed by atoms with Crippen molar-refractivity contribution in [2.75, 3.05) is 20.2 Å². The van der Waals surface area contributed by atoms with Crippen molar-refractivity contribution in [2.24, 2.45) is 0 Å². The zero-order valence-electron chi connectivity index (χ0n) is 16.7. The highest BCUT2D eigenvalue weighted by molar-refractivity contribution is 5.73. The zero-order valence-corrected chi connectivity index (χ0v) is 16.7. The van der Waals surface area contributed by atoms with Crippen molar-refractivity contribution in [3.63, 3.8) is 0 Å². The number of nitrogens with zero attached hydrogens (tertiary/aromatic N) is 4. The van der Waals surface area contributed by atoms with Crippen molar-refractivity contribution >= 4 is 5.91 Å². The minimum Gasteiger partial charge on any atom is -0.497 e. The van der Waals surface area contributed by atoms with Crippen molar-refractivity contribution in [1.29, 1.82) is 0 Å². The first-order valence-corrected chi connectivity index (χ1v) is 10.1. The van der Waals surface area contributed by atoms with E-state index in [4.69, 9.17) is 9.72 Å². The van der Waals surface area contributed by atoms with Gasteiger partial charge in [0.25, 0.3) is 0 Å². The van der Waals surface area contributed by atoms with Gasteiger partial charge in [-0.2, -0.15) is 0 Å². The maximum atomic E-state index is 12.0. The van der Waals surface area contributed by atoms with Gasteiger partial charge >= 0.3 is 0 Å². The van der Waals surface area contributed by atoms with Crippen molar-refractivity contribution in [3.05, 3.63) is 53.1 Å². The fraction of sp³-hybridized carbons (Fsp3) is 0.500. The van der Waals surface area contributed by atoms with E-state index in [1.165, 1.54) is 11.1 Å². The molecule has 0 bridgehead atoms. The molecule has 1 amide bonds. The summed E-state index contributed by atoms with van der Waals surface area (Å²) in [6, 6.07) is 8.27. The Morgan fingerprint density at radius 2 is 2.18 bits per heavy atom. The molecule has 4 rings (SSSR count). The lowest BCUT2D eigenvalue weighted by atomic mass is 10.0. The van der Waals surface area contributed by atoms with Crippen LogP contribution in [0.3, 0.4) is 0 Å². The highest BCUT2D eigenvalue weighted by Crippen LogP contribution is 2.30. The summed E-state index contributed by atoms with van der Waals surface area (Å²) in [5.41, 5.74) is 3.59. The Balaban J connectivity index is 1.47. The predicted octanol–water partition coefficient (Wildman–Crippen LogP) is 3.12. The van der Waals surface area contributed by atoms with Crippen LogP contribution in [0.15, 0.2) is 30.5 Å². The molecule has 1 saturated heterocycles. The molecule has 3 heterocycles. The van der Waals surface area contributed by atoms with Crippen molar-refractivity contribution in [2.45, 2.75) is 51.7 Å². The normalized spacial score (nSPS) is 19.9. The number of rotatable bonds is 4. The van der Waals surface area contributed by atoms with Crippen LogP contribution in [-0.2, 0) is 24.3 Å². The zero-order chi connectivity index (χ0) is 19.5. The Kier molecular flexibility index (Phi) is 5.57. The van der Waals surface area contributed by atoms with Gasteiger partial charge in [0.2, 0.25) is 5.91 Å². The number of piperidine rings is 1. The van der Waals surface area contributed by atoms with E-state index in [9.17, 15) is 4.79 Å². The lowest BCUT2D eigenvalue weighted by molar-refractivity contribution is -0.132. The number of hydrogen-bond donors (Lipinski definition) is 0. The fourth-order valence-electron chi connectivity index (χ4n) is 4.29. The third kappa shape index (κ3) is 4.02. The number of hydrogen-bond acceptors (Lipinski definition) is 5. The first kappa shape index (κ1) is 18.9.